The van der Waals surface area contributed by atoms with Crippen LogP contribution in [-0.2, 0) is 0 Å². The zero-order valence-corrected chi connectivity index (χ0v) is 13.8. The van der Waals surface area contributed by atoms with E-state index < -0.39 is 0 Å². The molecule has 0 aliphatic heterocycles. The van der Waals surface area contributed by atoms with Crippen molar-refractivity contribution in [1.82, 2.24) is 10.4 Å². The molecule has 1 heterocycles. The third-order valence-electron chi connectivity index (χ3n) is 3.95. The minimum absolute atomic E-state index is 0.191. The van der Waals surface area contributed by atoms with Crippen molar-refractivity contribution in [3.63, 3.8) is 0 Å². The number of carbonyl (C=O) groups is 1. The van der Waals surface area contributed by atoms with Gasteiger partial charge in [-0.15, -0.1) is 0 Å². The van der Waals surface area contributed by atoms with E-state index in [-0.39, 0.29) is 5.91 Å². The molecule has 1 saturated carbocycles. The van der Waals surface area contributed by atoms with Gasteiger partial charge >= 0.3 is 0 Å². The minimum Gasteiger partial charge on any atom is -0.356 e. The predicted octanol–water partition coefficient (Wildman–Crippen LogP) is 3.96. The van der Waals surface area contributed by atoms with Crippen LogP contribution in [0.1, 0.15) is 50.5 Å². The number of nitrogens with zero attached hydrogens (tertiary/aromatic N) is 1. The Morgan fingerprint density at radius 3 is 2.85 bits per heavy atom. The molecule has 1 fully saturated rings. The standard InChI is InChI=1S/C15H22BrN3O/c1-9(2)12-5-4-10(3)6-13(12)18-19-15(20)14-7-11(16)8-17-14/h7-10,12,17H,4-6H2,1-3H3,(H,19,20)/t10-,12-/m0/s1. The molecule has 5 heteroatoms. The third kappa shape index (κ3) is 3.72. The second kappa shape index (κ2) is 6.57. The fourth-order valence-corrected chi connectivity index (χ4v) is 3.11. The van der Waals surface area contributed by atoms with E-state index in [0.29, 0.717) is 23.4 Å². The Morgan fingerprint density at radius 1 is 1.50 bits per heavy atom. The minimum atomic E-state index is -0.191. The number of carbonyl (C=O) groups excluding carboxylic acids is 1. The van der Waals surface area contributed by atoms with E-state index in [0.717, 1.165) is 16.6 Å². The molecule has 4 nitrogen and oxygen atoms in total. The van der Waals surface area contributed by atoms with Crippen molar-refractivity contribution in [2.24, 2.45) is 22.9 Å². The fourth-order valence-electron chi connectivity index (χ4n) is 2.77. The Labute approximate surface area is 128 Å². The van der Waals surface area contributed by atoms with Crippen LogP contribution in [0.5, 0.6) is 0 Å². The average Bonchev–Trinajstić information content (AvgIpc) is 2.82. The molecule has 20 heavy (non-hydrogen) atoms. The summed E-state index contributed by atoms with van der Waals surface area (Å²) in [4.78, 5) is 14.9. The van der Waals surface area contributed by atoms with Crippen molar-refractivity contribution >= 4 is 27.5 Å². The van der Waals surface area contributed by atoms with E-state index in [1.54, 1.807) is 12.3 Å². The van der Waals surface area contributed by atoms with Crippen molar-refractivity contribution in [1.29, 1.82) is 0 Å². The molecule has 1 aliphatic rings. The lowest BCUT2D eigenvalue weighted by Gasteiger charge is -2.30. The Bertz CT molecular complexity index is 507. The van der Waals surface area contributed by atoms with Crippen LogP contribution in [0.25, 0.3) is 0 Å². The van der Waals surface area contributed by atoms with E-state index >= 15 is 0 Å². The number of hydrazone groups is 1. The number of aromatic nitrogens is 1. The molecule has 1 aromatic rings. The first kappa shape index (κ1) is 15.3. The lowest BCUT2D eigenvalue weighted by atomic mass is 9.76. The van der Waals surface area contributed by atoms with Gasteiger partial charge in [-0.05, 0) is 53.1 Å². The molecule has 0 spiro atoms. The van der Waals surface area contributed by atoms with Gasteiger partial charge in [0.1, 0.15) is 5.69 Å². The normalized spacial score (nSPS) is 25.1. The number of halogens is 1. The maximum absolute atomic E-state index is 12.0. The molecular weight excluding hydrogens is 318 g/mol. The average molecular weight is 340 g/mol. The van der Waals surface area contributed by atoms with Crippen LogP contribution >= 0.6 is 15.9 Å². The number of amides is 1. The number of aromatic amines is 1. The number of H-pyrrole nitrogens is 1. The van der Waals surface area contributed by atoms with E-state index in [1.807, 2.05) is 0 Å². The Hall–Kier alpha value is -1.10. The van der Waals surface area contributed by atoms with Gasteiger partial charge in [-0.1, -0.05) is 20.8 Å². The summed E-state index contributed by atoms with van der Waals surface area (Å²) < 4.78 is 0.863. The molecule has 2 rings (SSSR count). The maximum atomic E-state index is 12.0. The van der Waals surface area contributed by atoms with Crippen LogP contribution in [0, 0.1) is 17.8 Å². The number of hydrogen-bond donors (Lipinski definition) is 2. The molecule has 0 bridgehead atoms. The van der Waals surface area contributed by atoms with E-state index in [2.05, 4.69) is 52.2 Å². The molecule has 0 unspecified atom stereocenters. The van der Waals surface area contributed by atoms with Crippen molar-refractivity contribution in [2.75, 3.05) is 0 Å². The van der Waals surface area contributed by atoms with Crippen LogP contribution < -0.4 is 5.43 Å². The number of nitrogens with one attached hydrogen (secondary N) is 2. The molecule has 0 saturated heterocycles. The largest absolute Gasteiger partial charge is 0.356 e. The van der Waals surface area contributed by atoms with Gasteiger partial charge in [0.05, 0.1) is 0 Å². The Kier molecular flexibility index (Phi) is 5.02. The summed E-state index contributed by atoms with van der Waals surface area (Å²) in [7, 11) is 0. The Morgan fingerprint density at radius 2 is 2.25 bits per heavy atom. The van der Waals surface area contributed by atoms with Gasteiger partial charge in [-0.3, -0.25) is 4.79 Å². The Balaban J connectivity index is 2.05. The lowest BCUT2D eigenvalue weighted by Crippen LogP contribution is -2.31. The van der Waals surface area contributed by atoms with Crippen LogP contribution in [0.2, 0.25) is 0 Å². The third-order valence-corrected chi connectivity index (χ3v) is 4.41. The molecule has 1 amide bonds. The molecule has 0 aromatic carbocycles. The highest BCUT2D eigenvalue weighted by molar-refractivity contribution is 9.10. The zero-order valence-electron chi connectivity index (χ0n) is 12.2. The first-order valence-corrected chi connectivity index (χ1v) is 7.97. The van der Waals surface area contributed by atoms with Crippen LogP contribution in [-0.4, -0.2) is 16.6 Å². The molecular formula is C15H22BrN3O. The molecule has 1 aliphatic carbocycles. The quantitative estimate of drug-likeness (QED) is 0.804. The summed E-state index contributed by atoms with van der Waals surface area (Å²) in [5, 5.41) is 4.40. The monoisotopic (exact) mass is 339 g/mol. The number of hydrogen-bond acceptors (Lipinski definition) is 2. The van der Waals surface area contributed by atoms with Crippen molar-refractivity contribution < 1.29 is 4.79 Å². The SMILES string of the molecule is CC(C)[C@@H]1CC[C@H](C)CC1=NNC(=O)c1cc(Br)c[nH]1. The van der Waals surface area contributed by atoms with Crippen molar-refractivity contribution in [3.05, 3.63) is 22.4 Å². The first-order chi connectivity index (χ1) is 9.47. The summed E-state index contributed by atoms with van der Waals surface area (Å²) >= 11 is 3.32. The van der Waals surface area contributed by atoms with Crippen LogP contribution in [0.3, 0.4) is 0 Å². The van der Waals surface area contributed by atoms with Gasteiger partial charge in [0.15, 0.2) is 0 Å². The number of rotatable bonds is 3. The topological polar surface area (TPSA) is 57.2 Å². The maximum Gasteiger partial charge on any atom is 0.287 e. The molecule has 2 atom stereocenters. The summed E-state index contributed by atoms with van der Waals surface area (Å²) in [6.07, 6.45) is 5.14. The van der Waals surface area contributed by atoms with Crippen molar-refractivity contribution in [3.8, 4) is 0 Å². The summed E-state index contributed by atoms with van der Waals surface area (Å²) in [6, 6.07) is 1.75. The molecule has 0 radical (unpaired) electrons. The highest BCUT2D eigenvalue weighted by Gasteiger charge is 2.27. The smallest absolute Gasteiger partial charge is 0.287 e. The molecule has 2 N–H and O–H groups in total. The second-order valence-corrected chi connectivity index (χ2v) is 6.93. The van der Waals surface area contributed by atoms with Crippen LogP contribution in [0.4, 0.5) is 0 Å². The van der Waals surface area contributed by atoms with Crippen LogP contribution in [0.15, 0.2) is 21.8 Å². The van der Waals surface area contributed by atoms with Gasteiger partial charge < -0.3 is 4.98 Å². The van der Waals surface area contributed by atoms with Gasteiger partial charge in [-0.2, -0.15) is 5.10 Å². The van der Waals surface area contributed by atoms with Gasteiger partial charge in [0, 0.05) is 22.3 Å². The first-order valence-electron chi connectivity index (χ1n) is 7.18. The summed E-state index contributed by atoms with van der Waals surface area (Å²) in [6.45, 7) is 6.69. The van der Waals surface area contributed by atoms with Crippen molar-refractivity contribution in [2.45, 2.75) is 40.0 Å². The van der Waals surface area contributed by atoms with E-state index in [9.17, 15) is 4.79 Å². The lowest BCUT2D eigenvalue weighted by molar-refractivity contribution is 0.0949. The van der Waals surface area contributed by atoms with E-state index in [4.69, 9.17) is 0 Å². The summed E-state index contributed by atoms with van der Waals surface area (Å²) in [5.41, 5.74) is 4.34. The molecule has 110 valence electrons. The highest BCUT2D eigenvalue weighted by atomic mass is 79.9. The predicted molar refractivity (Wildman–Crippen MR) is 84.7 cm³/mol. The van der Waals surface area contributed by atoms with Gasteiger partial charge in [0.2, 0.25) is 0 Å². The second-order valence-electron chi connectivity index (χ2n) is 6.01. The summed E-state index contributed by atoms with van der Waals surface area (Å²) in [5.74, 6) is 1.52. The fraction of sp³-hybridized carbons (Fsp3) is 0.600. The zero-order chi connectivity index (χ0) is 14.7. The highest BCUT2D eigenvalue weighted by Crippen LogP contribution is 2.31. The molecule has 1 aromatic heterocycles. The van der Waals surface area contributed by atoms with Gasteiger partial charge in [-0.25, -0.2) is 5.43 Å². The van der Waals surface area contributed by atoms with Gasteiger partial charge in [0.25, 0.3) is 5.91 Å². The van der Waals surface area contributed by atoms with E-state index in [1.165, 1.54) is 12.8 Å².